The third-order valence-electron chi connectivity index (χ3n) is 5.27. The SMILES string of the molecule is O=C(O)CCC/C=C/CN1C(=O)CCC[C@@H]1CC[C@@H](O)C(F)(F)c1ccccc1. The van der Waals surface area contributed by atoms with Crippen molar-refractivity contribution >= 4 is 11.9 Å². The van der Waals surface area contributed by atoms with Gasteiger partial charge in [-0.15, -0.1) is 0 Å². The number of amides is 1. The van der Waals surface area contributed by atoms with Crippen molar-refractivity contribution < 1.29 is 28.6 Å². The summed E-state index contributed by atoms with van der Waals surface area (Å²) >= 11 is 0. The molecular weight excluding hydrogens is 380 g/mol. The molecule has 0 bridgehead atoms. The van der Waals surface area contributed by atoms with E-state index in [1.54, 1.807) is 11.0 Å². The molecule has 1 aromatic rings. The summed E-state index contributed by atoms with van der Waals surface area (Å²) in [5, 5.41) is 18.7. The van der Waals surface area contributed by atoms with Crippen LogP contribution in [0.2, 0.25) is 0 Å². The molecule has 29 heavy (non-hydrogen) atoms. The van der Waals surface area contributed by atoms with E-state index in [9.17, 15) is 23.5 Å². The molecule has 0 saturated carbocycles. The number of carboxylic acid groups (broad SMARTS) is 1. The van der Waals surface area contributed by atoms with Crippen LogP contribution in [-0.2, 0) is 15.5 Å². The molecule has 1 fully saturated rings. The molecule has 2 N–H and O–H groups in total. The van der Waals surface area contributed by atoms with E-state index >= 15 is 0 Å². The minimum atomic E-state index is -3.34. The van der Waals surface area contributed by atoms with Gasteiger partial charge in [0.15, 0.2) is 0 Å². The first-order valence-corrected chi connectivity index (χ1v) is 10.1. The van der Waals surface area contributed by atoms with Crippen LogP contribution >= 0.6 is 0 Å². The third-order valence-corrected chi connectivity index (χ3v) is 5.27. The van der Waals surface area contributed by atoms with Crippen LogP contribution in [0.25, 0.3) is 0 Å². The molecule has 1 heterocycles. The molecular formula is C22H29F2NO4. The molecule has 0 aromatic heterocycles. The van der Waals surface area contributed by atoms with Crippen LogP contribution < -0.4 is 0 Å². The van der Waals surface area contributed by atoms with Gasteiger partial charge in [-0.05, 0) is 38.5 Å². The number of piperidine rings is 1. The van der Waals surface area contributed by atoms with Crippen molar-refractivity contribution in [2.75, 3.05) is 6.54 Å². The summed E-state index contributed by atoms with van der Waals surface area (Å²) in [4.78, 5) is 24.5. The van der Waals surface area contributed by atoms with Gasteiger partial charge in [-0.1, -0.05) is 42.5 Å². The lowest BCUT2D eigenvalue weighted by molar-refractivity contribution is -0.138. The normalized spacial score (nSPS) is 18.9. The summed E-state index contributed by atoms with van der Waals surface area (Å²) in [6, 6.07) is 7.10. The lowest BCUT2D eigenvalue weighted by Gasteiger charge is -2.36. The Labute approximate surface area is 170 Å². The van der Waals surface area contributed by atoms with Gasteiger partial charge in [0.1, 0.15) is 6.10 Å². The number of carbonyl (C=O) groups excluding carboxylic acids is 1. The topological polar surface area (TPSA) is 77.8 Å². The molecule has 1 amide bonds. The van der Waals surface area contributed by atoms with E-state index in [1.807, 2.05) is 12.2 Å². The number of rotatable bonds is 11. The van der Waals surface area contributed by atoms with Gasteiger partial charge in [0.05, 0.1) is 0 Å². The highest BCUT2D eigenvalue weighted by Crippen LogP contribution is 2.34. The highest BCUT2D eigenvalue weighted by Gasteiger charge is 2.40. The first kappa shape index (κ1) is 23.0. The Morgan fingerprint density at radius 2 is 2.00 bits per heavy atom. The number of carboxylic acids is 1. The van der Waals surface area contributed by atoms with E-state index in [0.29, 0.717) is 38.6 Å². The van der Waals surface area contributed by atoms with E-state index in [-0.39, 0.29) is 30.4 Å². The number of allylic oxidation sites excluding steroid dienone is 1. The van der Waals surface area contributed by atoms with Crippen molar-refractivity contribution in [3.8, 4) is 0 Å². The van der Waals surface area contributed by atoms with Crippen LogP contribution in [-0.4, -0.2) is 45.7 Å². The zero-order chi connectivity index (χ0) is 21.3. The minimum Gasteiger partial charge on any atom is -0.481 e. The highest BCUT2D eigenvalue weighted by molar-refractivity contribution is 5.77. The standard InChI is InChI=1S/C22H29F2NO4/c23-22(24,17-9-4-3-5-10-17)19(26)15-14-18-11-8-12-20(27)25(18)16-7-2-1-6-13-21(28)29/h2-5,7,9-10,18-19,26H,1,6,8,11-16H2,(H,28,29)/b7-2+/t18-,19-/m1/s1. The summed E-state index contributed by atoms with van der Waals surface area (Å²) < 4.78 is 28.9. The second-order valence-electron chi connectivity index (χ2n) is 7.43. The van der Waals surface area contributed by atoms with Gasteiger partial charge in [0.2, 0.25) is 5.91 Å². The average molecular weight is 409 g/mol. The smallest absolute Gasteiger partial charge is 0.303 e. The maximum Gasteiger partial charge on any atom is 0.303 e. The second-order valence-corrected chi connectivity index (χ2v) is 7.43. The van der Waals surface area contributed by atoms with Crippen molar-refractivity contribution in [2.45, 2.75) is 69.4 Å². The third kappa shape index (κ3) is 6.92. The number of halogens is 2. The number of aliphatic hydroxyl groups excluding tert-OH is 1. The molecule has 0 spiro atoms. The van der Waals surface area contributed by atoms with E-state index in [2.05, 4.69) is 0 Å². The molecule has 0 radical (unpaired) electrons. The molecule has 1 saturated heterocycles. The maximum atomic E-state index is 14.5. The molecule has 1 aromatic carbocycles. The monoisotopic (exact) mass is 409 g/mol. The van der Waals surface area contributed by atoms with Crippen molar-refractivity contribution in [2.24, 2.45) is 0 Å². The van der Waals surface area contributed by atoms with Crippen LogP contribution in [0.15, 0.2) is 42.5 Å². The van der Waals surface area contributed by atoms with Gasteiger partial charge in [0.25, 0.3) is 5.92 Å². The van der Waals surface area contributed by atoms with Crippen molar-refractivity contribution in [1.82, 2.24) is 4.90 Å². The average Bonchev–Trinajstić information content (AvgIpc) is 2.70. The van der Waals surface area contributed by atoms with Crippen LogP contribution in [0.3, 0.4) is 0 Å². The summed E-state index contributed by atoms with van der Waals surface area (Å²) in [6.45, 7) is 0.377. The number of likely N-dealkylation sites (tertiary alicyclic amines) is 1. The van der Waals surface area contributed by atoms with E-state index in [0.717, 1.165) is 6.42 Å². The van der Waals surface area contributed by atoms with Crippen LogP contribution in [0, 0.1) is 0 Å². The number of alkyl halides is 2. The van der Waals surface area contributed by atoms with E-state index < -0.39 is 18.0 Å². The quantitative estimate of drug-likeness (QED) is 0.426. The predicted octanol–water partition coefficient (Wildman–Crippen LogP) is 4.11. The molecule has 5 nitrogen and oxygen atoms in total. The fraction of sp³-hybridized carbons (Fsp3) is 0.545. The number of unbranched alkanes of at least 4 members (excludes halogenated alkanes) is 1. The van der Waals surface area contributed by atoms with E-state index in [1.165, 1.54) is 24.3 Å². The van der Waals surface area contributed by atoms with E-state index in [4.69, 9.17) is 5.11 Å². The van der Waals surface area contributed by atoms with Crippen LogP contribution in [0.1, 0.15) is 56.9 Å². The Morgan fingerprint density at radius 3 is 2.69 bits per heavy atom. The van der Waals surface area contributed by atoms with Crippen LogP contribution in [0.4, 0.5) is 8.78 Å². The van der Waals surface area contributed by atoms with Gasteiger partial charge >= 0.3 is 5.97 Å². The summed E-state index contributed by atoms with van der Waals surface area (Å²) in [7, 11) is 0. The van der Waals surface area contributed by atoms with Gasteiger partial charge in [-0.2, -0.15) is 8.78 Å². The molecule has 160 valence electrons. The Balaban J connectivity index is 1.89. The summed E-state index contributed by atoms with van der Waals surface area (Å²) in [5.41, 5.74) is -0.214. The van der Waals surface area contributed by atoms with Gasteiger partial charge in [0, 0.05) is 31.0 Å². The van der Waals surface area contributed by atoms with Gasteiger partial charge < -0.3 is 15.1 Å². The lowest BCUT2D eigenvalue weighted by Crippen LogP contribution is -2.44. The van der Waals surface area contributed by atoms with Crippen molar-refractivity contribution in [1.29, 1.82) is 0 Å². The Bertz CT molecular complexity index is 693. The Morgan fingerprint density at radius 1 is 1.28 bits per heavy atom. The number of hydrogen-bond acceptors (Lipinski definition) is 3. The minimum absolute atomic E-state index is 0.0132. The predicted molar refractivity (Wildman–Crippen MR) is 106 cm³/mol. The van der Waals surface area contributed by atoms with Crippen LogP contribution in [0.5, 0.6) is 0 Å². The zero-order valence-electron chi connectivity index (χ0n) is 16.5. The molecule has 0 unspecified atom stereocenters. The van der Waals surface area contributed by atoms with Gasteiger partial charge in [-0.25, -0.2) is 0 Å². The number of benzene rings is 1. The summed E-state index contributed by atoms with van der Waals surface area (Å²) in [6.07, 6.45) is 5.19. The van der Waals surface area contributed by atoms with Gasteiger partial charge in [-0.3, -0.25) is 9.59 Å². The van der Waals surface area contributed by atoms with Crippen molar-refractivity contribution in [3.63, 3.8) is 0 Å². The molecule has 2 rings (SSSR count). The largest absolute Gasteiger partial charge is 0.481 e. The first-order chi connectivity index (χ1) is 13.8. The molecule has 0 aliphatic carbocycles. The molecule has 1 aliphatic heterocycles. The molecule has 1 aliphatic rings. The summed E-state index contributed by atoms with van der Waals surface area (Å²) in [5.74, 6) is -4.19. The second kappa shape index (κ2) is 11.0. The lowest BCUT2D eigenvalue weighted by atomic mass is 9.93. The molecule has 2 atom stereocenters. The Hall–Kier alpha value is -2.28. The maximum absolute atomic E-state index is 14.5. The number of hydrogen-bond donors (Lipinski definition) is 2. The fourth-order valence-corrected chi connectivity index (χ4v) is 3.60. The number of carbonyl (C=O) groups is 2. The highest BCUT2D eigenvalue weighted by atomic mass is 19.3. The molecule has 7 heteroatoms. The number of aliphatic hydroxyl groups is 1. The van der Waals surface area contributed by atoms with Crippen molar-refractivity contribution in [3.05, 3.63) is 48.0 Å². The number of aliphatic carboxylic acids is 1. The fourth-order valence-electron chi connectivity index (χ4n) is 3.60. The zero-order valence-corrected chi connectivity index (χ0v) is 16.5. The number of nitrogens with zero attached hydrogens (tertiary/aromatic N) is 1. The Kier molecular flexibility index (Phi) is 8.76. The first-order valence-electron chi connectivity index (χ1n) is 10.1.